The Morgan fingerprint density at radius 3 is 2.23 bits per heavy atom. The van der Waals surface area contributed by atoms with Crippen LogP contribution in [-0.4, -0.2) is 38.5 Å². The molecule has 0 aliphatic heterocycles. The van der Waals surface area contributed by atoms with Gasteiger partial charge in [-0.05, 0) is 20.4 Å². The van der Waals surface area contributed by atoms with Gasteiger partial charge in [0, 0.05) is 13.7 Å². The molecular formula is C10H25NO2. The largest absolute Gasteiger partial charge is 0.393 e. The molecule has 3 nitrogen and oxygen atoms in total. The lowest BCUT2D eigenvalue weighted by molar-refractivity contribution is 0.181. The van der Waals surface area contributed by atoms with Crippen LogP contribution < -0.4 is 5.32 Å². The summed E-state index contributed by atoms with van der Waals surface area (Å²) in [5, 5.41) is 11.6. The Morgan fingerprint density at radius 2 is 2.08 bits per heavy atom. The molecule has 3 heteroatoms. The molecule has 13 heavy (non-hydrogen) atoms. The Balaban J connectivity index is 0. The summed E-state index contributed by atoms with van der Waals surface area (Å²) in [6.07, 6.45) is 3.19. The number of aliphatic hydroxyl groups is 1. The molecule has 0 rings (SSSR count). The molecule has 0 bridgehead atoms. The molecular weight excluding hydrogens is 166 g/mol. The smallest absolute Gasteiger partial charge is 0.0587 e. The standard InChI is InChI=1S/C6H14O.C4H11NO/c1-3-4-5-6(2)7;1-5-3-4-6-2/h6-7H,3-5H2,1-2H3;5H,3-4H2,1-2H3. The average molecular weight is 191 g/mol. The first kappa shape index (κ1) is 15.4. The number of hydrogen-bond donors (Lipinski definition) is 2. The fraction of sp³-hybridized carbons (Fsp3) is 1.00. The molecule has 0 aliphatic carbocycles. The van der Waals surface area contributed by atoms with Gasteiger partial charge in [0.1, 0.15) is 0 Å². The zero-order chi connectivity index (χ0) is 10.5. The molecule has 1 atom stereocenters. The lowest BCUT2D eigenvalue weighted by Gasteiger charge is -1.98. The highest BCUT2D eigenvalue weighted by molar-refractivity contribution is 4.43. The summed E-state index contributed by atoms with van der Waals surface area (Å²) < 4.78 is 4.72. The Bertz CT molecular complexity index is 73.3. The molecule has 0 aromatic heterocycles. The van der Waals surface area contributed by atoms with Crippen LogP contribution >= 0.6 is 0 Å². The normalized spacial score (nSPS) is 11.8. The van der Waals surface area contributed by atoms with Gasteiger partial charge in [-0.15, -0.1) is 0 Å². The minimum Gasteiger partial charge on any atom is -0.393 e. The summed E-state index contributed by atoms with van der Waals surface area (Å²) >= 11 is 0. The zero-order valence-electron chi connectivity index (χ0n) is 9.47. The van der Waals surface area contributed by atoms with E-state index in [1.807, 2.05) is 14.0 Å². The zero-order valence-corrected chi connectivity index (χ0v) is 9.47. The summed E-state index contributed by atoms with van der Waals surface area (Å²) in [7, 11) is 3.59. The maximum absolute atomic E-state index is 8.68. The fourth-order valence-electron chi connectivity index (χ4n) is 0.704. The maximum Gasteiger partial charge on any atom is 0.0587 e. The molecule has 0 aromatic rings. The van der Waals surface area contributed by atoms with Crippen LogP contribution in [0.15, 0.2) is 0 Å². The van der Waals surface area contributed by atoms with Gasteiger partial charge in [0.2, 0.25) is 0 Å². The van der Waals surface area contributed by atoms with Gasteiger partial charge < -0.3 is 15.2 Å². The van der Waals surface area contributed by atoms with Crippen molar-refractivity contribution in [3.8, 4) is 0 Å². The van der Waals surface area contributed by atoms with Crippen molar-refractivity contribution in [2.45, 2.75) is 39.2 Å². The van der Waals surface area contributed by atoms with E-state index in [1.165, 1.54) is 6.42 Å². The maximum atomic E-state index is 8.68. The highest BCUT2D eigenvalue weighted by atomic mass is 16.5. The second kappa shape index (κ2) is 14.4. The molecule has 1 unspecified atom stereocenters. The third kappa shape index (κ3) is 24.5. The van der Waals surface area contributed by atoms with Crippen molar-refractivity contribution in [3.63, 3.8) is 0 Å². The third-order valence-corrected chi connectivity index (χ3v) is 1.53. The number of likely N-dealkylation sites (N-methyl/N-ethyl adjacent to an activating group) is 1. The van der Waals surface area contributed by atoms with Crippen molar-refractivity contribution in [1.82, 2.24) is 5.32 Å². The van der Waals surface area contributed by atoms with E-state index in [4.69, 9.17) is 9.84 Å². The molecule has 0 saturated heterocycles. The van der Waals surface area contributed by atoms with Crippen LogP contribution in [0.2, 0.25) is 0 Å². The van der Waals surface area contributed by atoms with Crippen molar-refractivity contribution >= 4 is 0 Å². The Hall–Kier alpha value is -0.120. The molecule has 0 radical (unpaired) electrons. The number of nitrogens with one attached hydrogen (secondary N) is 1. The van der Waals surface area contributed by atoms with Gasteiger partial charge in [0.05, 0.1) is 12.7 Å². The van der Waals surface area contributed by atoms with E-state index >= 15 is 0 Å². The highest BCUT2D eigenvalue weighted by Crippen LogP contribution is 1.97. The van der Waals surface area contributed by atoms with Crippen LogP contribution in [0.5, 0.6) is 0 Å². The first-order chi connectivity index (χ1) is 6.18. The van der Waals surface area contributed by atoms with Crippen LogP contribution in [0.4, 0.5) is 0 Å². The predicted molar refractivity (Wildman–Crippen MR) is 57.0 cm³/mol. The van der Waals surface area contributed by atoms with E-state index in [2.05, 4.69) is 12.2 Å². The van der Waals surface area contributed by atoms with Crippen LogP contribution in [-0.2, 0) is 4.74 Å². The van der Waals surface area contributed by atoms with E-state index in [0.29, 0.717) is 0 Å². The Morgan fingerprint density at radius 1 is 1.46 bits per heavy atom. The third-order valence-electron chi connectivity index (χ3n) is 1.53. The number of ether oxygens (including phenoxy) is 1. The van der Waals surface area contributed by atoms with Crippen molar-refractivity contribution in [1.29, 1.82) is 0 Å². The molecule has 0 aliphatic rings. The lowest BCUT2D eigenvalue weighted by Crippen LogP contribution is -2.12. The molecule has 2 N–H and O–H groups in total. The minimum atomic E-state index is -0.0973. The first-order valence-electron chi connectivity index (χ1n) is 5.00. The van der Waals surface area contributed by atoms with E-state index in [9.17, 15) is 0 Å². The molecule has 0 saturated carbocycles. The summed E-state index contributed by atoms with van der Waals surface area (Å²) in [6, 6.07) is 0. The summed E-state index contributed by atoms with van der Waals surface area (Å²) in [5.41, 5.74) is 0. The van der Waals surface area contributed by atoms with Crippen molar-refractivity contribution in [2.75, 3.05) is 27.3 Å². The summed E-state index contributed by atoms with van der Waals surface area (Å²) in [5.74, 6) is 0. The predicted octanol–water partition coefficient (Wildman–Crippen LogP) is 1.41. The van der Waals surface area contributed by atoms with Gasteiger partial charge in [0.15, 0.2) is 0 Å². The van der Waals surface area contributed by atoms with Crippen molar-refractivity contribution in [2.24, 2.45) is 0 Å². The average Bonchev–Trinajstić information content (AvgIpc) is 2.12. The fourth-order valence-corrected chi connectivity index (χ4v) is 0.704. The topological polar surface area (TPSA) is 41.5 Å². The number of hydrogen-bond acceptors (Lipinski definition) is 3. The number of unbranched alkanes of at least 4 members (excludes halogenated alkanes) is 1. The monoisotopic (exact) mass is 191 g/mol. The number of rotatable bonds is 6. The molecule has 0 spiro atoms. The molecule has 0 aromatic carbocycles. The first-order valence-corrected chi connectivity index (χ1v) is 5.00. The molecule has 0 heterocycles. The second-order valence-corrected chi connectivity index (χ2v) is 3.09. The second-order valence-electron chi connectivity index (χ2n) is 3.09. The van der Waals surface area contributed by atoms with Gasteiger partial charge >= 0.3 is 0 Å². The Labute approximate surface area is 82.5 Å². The van der Waals surface area contributed by atoms with Crippen LogP contribution in [0.25, 0.3) is 0 Å². The van der Waals surface area contributed by atoms with E-state index in [1.54, 1.807) is 7.11 Å². The van der Waals surface area contributed by atoms with Gasteiger partial charge in [-0.1, -0.05) is 19.8 Å². The quantitative estimate of drug-likeness (QED) is 0.624. The molecule has 0 fully saturated rings. The molecule has 82 valence electrons. The van der Waals surface area contributed by atoms with Gasteiger partial charge in [-0.2, -0.15) is 0 Å². The van der Waals surface area contributed by atoms with Gasteiger partial charge in [0.25, 0.3) is 0 Å². The molecule has 0 amide bonds. The van der Waals surface area contributed by atoms with Crippen LogP contribution in [0.1, 0.15) is 33.1 Å². The summed E-state index contributed by atoms with van der Waals surface area (Å²) in [4.78, 5) is 0. The minimum absolute atomic E-state index is 0.0973. The number of aliphatic hydroxyl groups excluding tert-OH is 1. The van der Waals surface area contributed by atoms with E-state index in [-0.39, 0.29) is 6.10 Å². The SMILES string of the molecule is CCCCC(C)O.CNCCOC. The van der Waals surface area contributed by atoms with Gasteiger partial charge in [-0.3, -0.25) is 0 Å². The Kier molecular flexibility index (Phi) is 17.0. The van der Waals surface area contributed by atoms with Crippen molar-refractivity contribution < 1.29 is 9.84 Å². The van der Waals surface area contributed by atoms with Crippen molar-refractivity contribution in [3.05, 3.63) is 0 Å². The van der Waals surface area contributed by atoms with E-state index in [0.717, 1.165) is 26.0 Å². The van der Waals surface area contributed by atoms with Crippen LogP contribution in [0.3, 0.4) is 0 Å². The summed E-state index contributed by atoms with van der Waals surface area (Å²) in [6.45, 7) is 5.70. The lowest BCUT2D eigenvalue weighted by atomic mass is 10.2. The highest BCUT2D eigenvalue weighted by Gasteiger charge is 1.90. The van der Waals surface area contributed by atoms with Crippen LogP contribution in [0, 0.1) is 0 Å². The van der Waals surface area contributed by atoms with Gasteiger partial charge in [-0.25, -0.2) is 0 Å². The van der Waals surface area contributed by atoms with E-state index < -0.39 is 0 Å². The number of methoxy groups -OCH3 is 1.